The Balaban J connectivity index is 0.00000108. The van der Waals surface area contributed by atoms with Crippen LogP contribution in [0, 0.1) is 18.2 Å². The normalized spacial score (nSPS) is 10.7. The first-order valence-corrected chi connectivity index (χ1v) is 34.1. The number of aliphatic hydroxyl groups is 2. The minimum Gasteiger partial charge on any atom is -0.748 e. The summed E-state index contributed by atoms with van der Waals surface area (Å²) >= 11 is 0. The summed E-state index contributed by atoms with van der Waals surface area (Å²) in [6.45, 7) is 14.1. The molecule has 0 aliphatic heterocycles. The van der Waals surface area contributed by atoms with Gasteiger partial charge in [0.1, 0.15) is 22.3 Å². The van der Waals surface area contributed by atoms with Crippen LogP contribution in [-0.2, 0) is 50.3 Å². The van der Waals surface area contributed by atoms with Gasteiger partial charge in [-0.25, -0.2) is 8.42 Å². The number of fused-ring (bicyclic) bond motifs is 6. The predicted octanol–water partition coefficient (Wildman–Crippen LogP) is 15.0. The number of para-hydroxylation sites is 2. The van der Waals surface area contributed by atoms with E-state index in [1.807, 2.05) is 158 Å². The fourth-order valence-electron chi connectivity index (χ4n) is 8.39. The smallest absolute Gasteiger partial charge is 0.134 e. The maximum atomic E-state index is 9.08. The molecule has 0 spiro atoms. The van der Waals surface area contributed by atoms with Gasteiger partial charge in [0.25, 0.3) is 0 Å². The van der Waals surface area contributed by atoms with Crippen LogP contribution in [-0.4, -0.2) is 79.7 Å². The zero-order valence-corrected chi connectivity index (χ0v) is 54.1. The number of hydrogen-bond donors (Lipinski definition) is 2. The van der Waals surface area contributed by atoms with E-state index < -0.39 is 26.3 Å². The largest absolute Gasteiger partial charge is 0.748 e. The number of aromatic nitrogens is 4. The molecule has 0 fully saturated rings. The molecule has 6 aromatic carbocycles. The summed E-state index contributed by atoms with van der Waals surface area (Å²) in [6, 6.07) is 72.5. The van der Waals surface area contributed by atoms with Gasteiger partial charge in [0.15, 0.2) is 0 Å². The Bertz CT molecular complexity index is 3620. The van der Waals surface area contributed by atoms with Crippen molar-refractivity contribution < 1.29 is 79.6 Å². The Hall–Kier alpha value is -6.92. The van der Waals surface area contributed by atoms with E-state index in [2.05, 4.69) is 126 Å². The number of furan rings is 2. The molecule has 0 aliphatic rings. The van der Waals surface area contributed by atoms with E-state index in [4.69, 9.17) is 38.0 Å². The van der Waals surface area contributed by atoms with Crippen molar-refractivity contribution >= 4 is 80.5 Å². The van der Waals surface area contributed by atoms with E-state index in [0.717, 1.165) is 103 Å². The molecular formula is C66H74Ir2N4O7SSi2-4. The fourth-order valence-corrected chi connectivity index (χ4v) is 11.5. The molecule has 0 saturated heterocycles. The van der Waals surface area contributed by atoms with Crippen molar-refractivity contribution in [3.63, 3.8) is 0 Å². The molecular weight excluding hydrogens is 1430 g/mol. The van der Waals surface area contributed by atoms with E-state index in [0.29, 0.717) is 6.26 Å². The van der Waals surface area contributed by atoms with Crippen molar-refractivity contribution in [3.8, 4) is 45.0 Å². The first kappa shape index (κ1) is 65.9. The molecule has 0 aliphatic carbocycles. The maximum absolute atomic E-state index is 9.08. The number of nitrogens with zero attached hydrogens (tertiary/aromatic N) is 4. The van der Waals surface area contributed by atoms with Crippen LogP contribution >= 0.6 is 0 Å². The van der Waals surface area contributed by atoms with Crippen molar-refractivity contribution in [2.24, 2.45) is 0 Å². The minimum atomic E-state index is -3.92. The molecule has 0 saturated carbocycles. The Morgan fingerprint density at radius 2 is 0.854 bits per heavy atom. The molecule has 2 N–H and O–H groups in total. The van der Waals surface area contributed by atoms with Gasteiger partial charge in [0.2, 0.25) is 0 Å². The van der Waals surface area contributed by atoms with Crippen LogP contribution in [0.5, 0.6) is 0 Å². The average molecular weight is 1510 g/mol. The predicted molar refractivity (Wildman–Crippen MR) is 341 cm³/mol. The quantitative estimate of drug-likeness (QED) is 0.0920. The Morgan fingerprint density at radius 1 is 0.463 bits per heavy atom. The van der Waals surface area contributed by atoms with Crippen LogP contribution in [0.4, 0.5) is 0 Å². The second-order valence-electron chi connectivity index (χ2n) is 19.5. The van der Waals surface area contributed by atoms with Crippen molar-refractivity contribution in [2.45, 2.75) is 46.7 Å². The van der Waals surface area contributed by atoms with Gasteiger partial charge < -0.3 is 38.6 Å². The molecule has 6 heterocycles. The Labute approximate surface area is 519 Å². The van der Waals surface area contributed by atoms with Gasteiger partial charge >= 0.3 is 0 Å². The fraction of sp³-hybridized carbons (Fsp3) is 0.152. The van der Waals surface area contributed by atoms with Gasteiger partial charge in [-0.1, -0.05) is 132 Å². The number of benzene rings is 6. The molecule has 0 atom stereocenters. The van der Waals surface area contributed by atoms with Crippen LogP contribution < -0.4 is 10.4 Å². The topological polar surface area (TPSA) is 175 Å². The van der Waals surface area contributed by atoms with Gasteiger partial charge in [-0.2, -0.15) is 0 Å². The summed E-state index contributed by atoms with van der Waals surface area (Å²) in [5, 5.41) is 21.2. The van der Waals surface area contributed by atoms with Gasteiger partial charge in [-0.05, 0) is 48.2 Å². The van der Waals surface area contributed by atoms with Gasteiger partial charge in [0, 0.05) is 147 Å². The summed E-state index contributed by atoms with van der Waals surface area (Å²) in [4.78, 5) is 17.8. The van der Waals surface area contributed by atoms with Crippen LogP contribution in [0.1, 0.15) is 14.8 Å². The first-order valence-electron chi connectivity index (χ1n) is 27.2. The van der Waals surface area contributed by atoms with Crippen molar-refractivity contribution in [3.05, 3.63) is 231 Å². The van der Waals surface area contributed by atoms with Crippen molar-refractivity contribution in [1.82, 2.24) is 19.9 Å². The molecule has 0 amide bonds. The summed E-state index contributed by atoms with van der Waals surface area (Å²) < 4.78 is 59.5. The van der Waals surface area contributed by atoms with Crippen molar-refractivity contribution in [2.75, 3.05) is 20.5 Å². The molecule has 2 radical (unpaired) electrons. The number of pyridine rings is 4. The molecule has 436 valence electrons. The van der Waals surface area contributed by atoms with Gasteiger partial charge in [-0.3, -0.25) is 4.98 Å². The standard InChI is InChI=1S/2C20H18NOSi.C11H9N.C11H8N.CH4O3S.2CH4O.CH4.2Ir.3H2/c2*1-23(2,3)18-11-7-5-9-16(18)19-20-15(12-13-21-19)14-8-4-6-10-17(14)22-20;2*1-2-6-10(7-3-1)11-8-4-5-9-12-11;1-5(2,3)4;2*1-2;;;;;;/h2*4-8,10-13H,1-3H3;1-9H;1-6,8-9H;1H3,(H,2,3,4);2*2H,1H3;1H4;;;3*1H/q2*-1;;-1;;;;;;;;;/p-1/i;;;;;;;;;;2*1+1D;1+1. The van der Waals surface area contributed by atoms with E-state index >= 15 is 0 Å². The second kappa shape index (κ2) is 33.3. The Morgan fingerprint density at radius 3 is 1.26 bits per heavy atom. The van der Waals surface area contributed by atoms with Crippen LogP contribution in [0.2, 0.25) is 39.3 Å². The molecule has 12 aromatic rings. The van der Waals surface area contributed by atoms with E-state index in [1.54, 1.807) is 6.20 Å². The van der Waals surface area contributed by atoms with E-state index in [1.165, 1.54) is 10.4 Å². The van der Waals surface area contributed by atoms with Gasteiger partial charge in [-0.15, -0.1) is 106 Å². The third-order valence-corrected chi connectivity index (χ3v) is 15.8. The Kier molecular flexibility index (Phi) is 26.7. The molecule has 82 heavy (non-hydrogen) atoms. The second-order valence-corrected chi connectivity index (χ2v) is 30.9. The molecule has 6 aromatic heterocycles. The number of aliphatic hydroxyl groups excluding tert-OH is 2. The van der Waals surface area contributed by atoms with E-state index in [-0.39, 0.29) is 49.1 Å². The summed E-state index contributed by atoms with van der Waals surface area (Å²) in [5.41, 5.74) is 11.7. The monoisotopic (exact) mass is 1510 g/mol. The van der Waals surface area contributed by atoms with Crippen LogP contribution in [0.15, 0.2) is 222 Å². The van der Waals surface area contributed by atoms with Gasteiger partial charge in [0.05, 0.1) is 15.8 Å². The summed E-state index contributed by atoms with van der Waals surface area (Å²) in [5.74, 6) is 0. The van der Waals surface area contributed by atoms with Crippen molar-refractivity contribution in [1.29, 1.82) is 0 Å². The molecule has 16 heteroatoms. The number of hydrogen-bond acceptors (Lipinski definition) is 11. The zero-order chi connectivity index (χ0) is 61.0. The first-order chi connectivity index (χ1) is 40.0. The maximum Gasteiger partial charge on any atom is 0.134 e. The molecule has 12 rings (SSSR count). The van der Waals surface area contributed by atoms with Crippen LogP contribution in [0.3, 0.4) is 0 Å². The summed E-state index contributed by atoms with van der Waals surface area (Å²) in [7, 11) is -4.92. The van der Waals surface area contributed by atoms with E-state index in [9.17, 15) is 0 Å². The minimum absolute atomic E-state index is 0. The third-order valence-electron chi connectivity index (χ3n) is 11.8. The molecule has 11 nitrogen and oxygen atoms in total. The molecule has 0 unspecified atom stereocenters. The third kappa shape index (κ3) is 19.1. The summed E-state index contributed by atoms with van der Waals surface area (Å²) in [6.07, 6.45) is 7.94. The van der Waals surface area contributed by atoms with Crippen LogP contribution in [0.25, 0.3) is 88.9 Å². The molecule has 0 bridgehead atoms. The number of rotatable bonds is 6. The average Bonchev–Trinajstić information content (AvgIpc) is 2.01. The SMILES string of the molecule is C.CO.CO.CS(=O)(=O)[O-].C[Si](C)(C)c1ccc[c-]c1-c1nccc2c1oc1ccccc12.C[Si](C)(C)c1ccc[c-]c1-c1nccc2c1oc1ccccc12.[2HH].[2H][2H].[2H][2H].[Ir].[Ir].[c-]1ccccc1-c1ccccn1.c1ccc(-c2ccccn2)cc1. The zero-order valence-electron chi connectivity index (χ0n) is 50.5.